The van der Waals surface area contributed by atoms with E-state index >= 15 is 0 Å². The lowest BCUT2D eigenvalue weighted by Gasteiger charge is -2.07. The van der Waals surface area contributed by atoms with Gasteiger partial charge in [-0.15, -0.1) is 0 Å². The Morgan fingerprint density at radius 2 is 2.27 bits per heavy atom. The summed E-state index contributed by atoms with van der Waals surface area (Å²) in [6.45, 7) is 9.43. The Morgan fingerprint density at radius 1 is 1.64 bits per heavy atom. The lowest BCUT2D eigenvalue weighted by atomic mass is 10.4. The topological polar surface area (TPSA) is 30.2 Å². The summed E-state index contributed by atoms with van der Waals surface area (Å²) in [5.74, 6) is 0. The van der Waals surface area contributed by atoms with Crippen molar-refractivity contribution in [1.29, 1.82) is 0 Å². The molecule has 0 aliphatic heterocycles. The quantitative estimate of drug-likeness (QED) is 0.592. The van der Waals surface area contributed by atoms with Crippen molar-refractivity contribution in [3.8, 4) is 0 Å². The van der Waals surface area contributed by atoms with E-state index < -0.39 is 0 Å². The zero-order chi connectivity index (χ0) is 8.43. The molecule has 11 heavy (non-hydrogen) atoms. The fourth-order valence-corrected chi connectivity index (χ4v) is 1.10. The van der Waals surface area contributed by atoms with E-state index in [9.17, 15) is 0 Å². The third-order valence-corrected chi connectivity index (χ3v) is 1.66. The van der Waals surface area contributed by atoms with Gasteiger partial charge < -0.3 is 0 Å². The molecule has 0 aromatic carbocycles. The van der Waals surface area contributed by atoms with Crippen LogP contribution in [0.3, 0.4) is 0 Å². The summed E-state index contributed by atoms with van der Waals surface area (Å²) in [5, 5.41) is 4.26. The summed E-state index contributed by atoms with van der Waals surface area (Å²) < 4.78 is 1.86. The van der Waals surface area contributed by atoms with Gasteiger partial charge in [-0.25, -0.2) is 4.68 Å². The maximum Gasteiger partial charge on any atom is 0.138 e. The van der Waals surface area contributed by atoms with Crippen LogP contribution in [-0.2, 0) is 0 Å². The van der Waals surface area contributed by atoms with Gasteiger partial charge in [0.2, 0.25) is 0 Å². The first-order valence-corrected chi connectivity index (χ1v) is 3.63. The highest BCUT2D eigenvalue weighted by Gasteiger charge is 2.04. The second-order valence-electron chi connectivity index (χ2n) is 2.69. The smallest absolute Gasteiger partial charge is 0.138 e. The first kappa shape index (κ1) is 7.98. The summed E-state index contributed by atoms with van der Waals surface area (Å²) in [4.78, 5) is 3.88. The number of hydrogen-bond donors (Lipinski definition) is 0. The van der Waals surface area contributed by atoms with Crippen LogP contribution in [0.2, 0.25) is 0 Å². The highest BCUT2D eigenvalue weighted by molar-refractivity contribution is 5.23. The van der Waals surface area contributed by atoms with E-state index in [0.29, 0.717) is 0 Å². The maximum atomic E-state index is 4.26. The molecule has 0 bridgehead atoms. The van der Waals surface area contributed by atoms with E-state index in [1.54, 1.807) is 0 Å². The van der Waals surface area contributed by atoms with Crippen LogP contribution >= 0.6 is 0 Å². The van der Waals surface area contributed by atoms with Gasteiger partial charge in [0.1, 0.15) is 6.17 Å². The molecule has 0 saturated heterocycles. The largest absolute Gasteiger partial charge is 0.274 e. The molecule has 0 aliphatic carbocycles. The summed E-state index contributed by atoms with van der Waals surface area (Å²) >= 11 is 0. The number of nitrogens with zero attached hydrogens (tertiary/aromatic N) is 3. The Labute approximate surface area is 66.8 Å². The second-order valence-corrected chi connectivity index (χ2v) is 2.69. The molecule has 1 atom stereocenters. The SMILES string of the molecule is C=NC(C)n1nc(C)cc1C. The Morgan fingerprint density at radius 3 is 2.64 bits per heavy atom. The van der Waals surface area contributed by atoms with Crippen molar-refractivity contribution < 1.29 is 0 Å². The molecule has 1 heterocycles. The number of rotatable bonds is 2. The molecular formula is C8H13N3. The standard InChI is InChI=1S/C8H13N3/c1-6-5-7(2)11(10-6)8(3)9-4/h5,8H,4H2,1-3H3. The Hall–Kier alpha value is -1.12. The molecule has 0 aliphatic rings. The zero-order valence-electron chi connectivity index (χ0n) is 7.20. The van der Waals surface area contributed by atoms with Gasteiger partial charge in [-0.1, -0.05) is 0 Å². The van der Waals surface area contributed by atoms with E-state index in [0.717, 1.165) is 11.4 Å². The third-order valence-electron chi connectivity index (χ3n) is 1.66. The number of aromatic nitrogens is 2. The molecule has 3 nitrogen and oxygen atoms in total. The molecule has 1 aromatic rings. The van der Waals surface area contributed by atoms with Gasteiger partial charge in [0.15, 0.2) is 0 Å². The van der Waals surface area contributed by atoms with Crippen LogP contribution in [0.4, 0.5) is 0 Å². The average molecular weight is 151 g/mol. The molecule has 1 unspecified atom stereocenters. The van der Waals surface area contributed by atoms with Crippen LogP contribution in [0.25, 0.3) is 0 Å². The number of hydrogen-bond acceptors (Lipinski definition) is 2. The molecule has 60 valence electrons. The predicted octanol–water partition coefficient (Wildman–Crippen LogP) is 1.72. The van der Waals surface area contributed by atoms with Crippen LogP contribution in [0, 0.1) is 13.8 Å². The predicted molar refractivity (Wildman–Crippen MR) is 46.0 cm³/mol. The normalized spacial score (nSPS) is 13.0. The Balaban J connectivity index is 3.02. The maximum absolute atomic E-state index is 4.26. The fraction of sp³-hybridized carbons (Fsp3) is 0.500. The summed E-state index contributed by atoms with van der Waals surface area (Å²) in [7, 11) is 0. The molecule has 1 aromatic heterocycles. The van der Waals surface area contributed by atoms with E-state index in [1.165, 1.54) is 0 Å². The molecule has 1 rings (SSSR count). The Kier molecular flexibility index (Phi) is 2.08. The molecular weight excluding hydrogens is 138 g/mol. The van der Waals surface area contributed by atoms with Crippen molar-refractivity contribution >= 4 is 6.72 Å². The summed E-state index contributed by atoms with van der Waals surface area (Å²) in [5.41, 5.74) is 2.15. The van der Waals surface area contributed by atoms with Crippen LogP contribution in [0.1, 0.15) is 24.5 Å². The molecule has 0 spiro atoms. The number of aryl methyl sites for hydroxylation is 2. The van der Waals surface area contributed by atoms with Crippen molar-refractivity contribution in [1.82, 2.24) is 9.78 Å². The lowest BCUT2D eigenvalue weighted by molar-refractivity contribution is 0.500. The first-order chi connectivity index (χ1) is 5.15. The van der Waals surface area contributed by atoms with E-state index in [1.807, 2.05) is 31.5 Å². The van der Waals surface area contributed by atoms with Crippen molar-refractivity contribution in [2.45, 2.75) is 26.9 Å². The fourth-order valence-electron chi connectivity index (χ4n) is 1.10. The van der Waals surface area contributed by atoms with Gasteiger partial charge in [-0.2, -0.15) is 5.10 Å². The van der Waals surface area contributed by atoms with Gasteiger partial charge in [0.05, 0.1) is 5.69 Å². The second kappa shape index (κ2) is 2.86. The molecule has 0 fully saturated rings. The molecule has 0 saturated carbocycles. The molecule has 0 amide bonds. The van der Waals surface area contributed by atoms with Crippen molar-refractivity contribution in [3.63, 3.8) is 0 Å². The minimum atomic E-state index is 0.0451. The first-order valence-electron chi connectivity index (χ1n) is 3.63. The summed E-state index contributed by atoms with van der Waals surface area (Å²) in [6.07, 6.45) is 0.0451. The Bertz CT molecular complexity index is 262. The van der Waals surface area contributed by atoms with Gasteiger partial charge >= 0.3 is 0 Å². The van der Waals surface area contributed by atoms with Crippen LogP contribution < -0.4 is 0 Å². The minimum absolute atomic E-state index is 0.0451. The van der Waals surface area contributed by atoms with Crippen LogP contribution in [0.15, 0.2) is 11.1 Å². The highest BCUT2D eigenvalue weighted by atomic mass is 15.3. The average Bonchev–Trinajstić information content (AvgIpc) is 2.28. The monoisotopic (exact) mass is 151 g/mol. The van der Waals surface area contributed by atoms with E-state index in [4.69, 9.17) is 0 Å². The van der Waals surface area contributed by atoms with Gasteiger partial charge in [-0.3, -0.25) is 4.99 Å². The highest BCUT2D eigenvalue weighted by Crippen LogP contribution is 2.10. The van der Waals surface area contributed by atoms with Crippen molar-refractivity contribution in [3.05, 3.63) is 17.5 Å². The van der Waals surface area contributed by atoms with Crippen LogP contribution in [-0.4, -0.2) is 16.5 Å². The molecule has 3 heteroatoms. The van der Waals surface area contributed by atoms with Gasteiger partial charge in [0, 0.05) is 5.69 Å². The van der Waals surface area contributed by atoms with E-state index in [2.05, 4.69) is 16.8 Å². The molecule has 0 radical (unpaired) electrons. The van der Waals surface area contributed by atoms with Crippen molar-refractivity contribution in [2.24, 2.45) is 4.99 Å². The van der Waals surface area contributed by atoms with Crippen LogP contribution in [0.5, 0.6) is 0 Å². The third kappa shape index (κ3) is 1.48. The van der Waals surface area contributed by atoms with E-state index in [-0.39, 0.29) is 6.17 Å². The lowest BCUT2D eigenvalue weighted by Crippen LogP contribution is -2.05. The summed E-state index contributed by atoms with van der Waals surface area (Å²) in [6, 6.07) is 2.03. The molecule has 0 N–H and O–H groups in total. The zero-order valence-corrected chi connectivity index (χ0v) is 7.20. The van der Waals surface area contributed by atoms with Gasteiger partial charge in [-0.05, 0) is 33.6 Å². The van der Waals surface area contributed by atoms with Crippen molar-refractivity contribution in [2.75, 3.05) is 0 Å². The minimum Gasteiger partial charge on any atom is -0.274 e. The van der Waals surface area contributed by atoms with Gasteiger partial charge in [0.25, 0.3) is 0 Å². The number of aliphatic imine (C=N–C) groups is 1.